The van der Waals surface area contributed by atoms with Crippen molar-refractivity contribution in [2.45, 2.75) is 32.0 Å². The Labute approximate surface area is 177 Å². The maximum Gasteiger partial charge on any atom is 0.416 e. The van der Waals surface area contributed by atoms with Crippen molar-refractivity contribution in [2.75, 3.05) is 14.2 Å². The van der Waals surface area contributed by atoms with Crippen molar-refractivity contribution in [3.8, 4) is 17.1 Å². The zero-order valence-corrected chi connectivity index (χ0v) is 17.1. The van der Waals surface area contributed by atoms with Crippen LogP contribution in [0.15, 0.2) is 53.1 Å². The molecule has 0 fully saturated rings. The highest BCUT2D eigenvalue weighted by Crippen LogP contribution is 2.32. The molecular weight excluding hydrogens is 411 g/mol. The van der Waals surface area contributed by atoms with Crippen LogP contribution in [0.1, 0.15) is 29.9 Å². The highest BCUT2D eigenvalue weighted by molar-refractivity contribution is 5.75. The van der Waals surface area contributed by atoms with Crippen LogP contribution in [0, 0.1) is 0 Å². The molecule has 0 saturated heterocycles. The number of carbonyl (C=O) groups excluding carboxylic acids is 1. The molecule has 0 unspecified atom stereocenters. The first kappa shape index (κ1) is 22.3. The average molecular weight is 433 g/mol. The predicted molar refractivity (Wildman–Crippen MR) is 107 cm³/mol. The molecule has 0 aliphatic carbocycles. The van der Waals surface area contributed by atoms with Crippen molar-refractivity contribution in [3.63, 3.8) is 0 Å². The van der Waals surface area contributed by atoms with Crippen molar-refractivity contribution in [2.24, 2.45) is 0 Å². The Balaban J connectivity index is 1.52. The molecule has 0 spiro atoms. The number of amides is 1. The van der Waals surface area contributed by atoms with Crippen LogP contribution in [0.3, 0.4) is 0 Å². The summed E-state index contributed by atoms with van der Waals surface area (Å²) in [5.41, 5.74) is 0.105. The lowest BCUT2D eigenvalue weighted by Gasteiger charge is -2.20. The van der Waals surface area contributed by atoms with Gasteiger partial charge < -0.3 is 14.2 Å². The molecule has 3 rings (SSSR count). The van der Waals surface area contributed by atoms with Gasteiger partial charge in [-0.15, -0.1) is 0 Å². The number of rotatable bonds is 8. The molecule has 31 heavy (non-hydrogen) atoms. The number of benzene rings is 2. The number of hydrogen-bond acceptors (Lipinski definition) is 5. The molecule has 1 amide bonds. The Hall–Kier alpha value is -3.36. The van der Waals surface area contributed by atoms with Gasteiger partial charge >= 0.3 is 6.18 Å². The summed E-state index contributed by atoms with van der Waals surface area (Å²) < 4.78 is 49.7. The van der Waals surface area contributed by atoms with E-state index in [0.29, 0.717) is 30.3 Å². The molecule has 1 heterocycles. The molecule has 0 atom stereocenters. The quantitative estimate of drug-likeness (QED) is 0.513. The van der Waals surface area contributed by atoms with E-state index in [1.807, 2.05) is 12.1 Å². The van der Waals surface area contributed by atoms with Crippen LogP contribution >= 0.6 is 0 Å². The number of aryl methyl sites for hydroxylation is 1. The summed E-state index contributed by atoms with van der Waals surface area (Å²) in [7, 11) is 3.07. The van der Waals surface area contributed by atoms with Gasteiger partial charge in [0.1, 0.15) is 5.75 Å². The Morgan fingerprint density at radius 3 is 2.52 bits per heavy atom. The number of methoxy groups -OCH3 is 1. The summed E-state index contributed by atoms with van der Waals surface area (Å²) >= 11 is 0. The van der Waals surface area contributed by atoms with Crippen LogP contribution in [0.25, 0.3) is 11.4 Å². The fourth-order valence-electron chi connectivity index (χ4n) is 3.07. The Morgan fingerprint density at radius 1 is 1.13 bits per heavy atom. The topological polar surface area (TPSA) is 68.5 Å². The third kappa shape index (κ3) is 5.84. The second-order valence-electron chi connectivity index (χ2n) is 7.00. The van der Waals surface area contributed by atoms with Crippen molar-refractivity contribution in [1.29, 1.82) is 0 Å². The van der Waals surface area contributed by atoms with Crippen molar-refractivity contribution < 1.29 is 27.2 Å². The van der Waals surface area contributed by atoms with Crippen LogP contribution < -0.4 is 4.74 Å². The molecule has 3 aromatic rings. The van der Waals surface area contributed by atoms with Gasteiger partial charge in [0, 0.05) is 32.0 Å². The third-order valence-corrected chi connectivity index (χ3v) is 4.75. The standard InChI is InChI=1S/C22H22F3N3O3/c1-28(14-16-6-3-4-7-18(16)22(23,24)25)20(29)9-5-8-19-26-21(27-31-19)15-10-12-17(30-2)13-11-15/h3-4,6-7,10-13H,5,8-9,14H2,1-2H3. The van der Waals surface area contributed by atoms with E-state index in [-0.39, 0.29) is 24.4 Å². The summed E-state index contributed by atoms with van der Waals surface area (Å²) in [4.78, 5) is 18.0. The van der Waals surface area contributed by atoms with Gasteiger partial charge in [0.2, 0.25) is 17.6 Å². The molecule has 164 valence electrons. The monoisotopic (exact) mass is 433 g/mol. The third-order valence-electron chi connectivity index (χ3n) is 4.75. The van der Waals surface area contributed by atoms with Crippen LogP contribution in [0.2, 0.25) is 0 Å². The molecule has 9 heteroatoms. The van der Waals surface area contributed by atoms with Gasteiger partial charge in [-0.05, 0) is 42.3 Å². The van der Waals surface area contributed by atoms with Gasteiger partial charge in [0.25, 0.3) is 0 Å². The molecule has 1 aromatic heterocycles. The van der Waals surface area contributed by atoms with E-state index in [1.165, 1.54) is 30.1 Å². The minimum atomic E-state index is -4.46. The van der Waals surface area contributed by atoms with E-state index in [9.17, 15) is 18.0 Å². The second-order valence-corrected chi connectivity index (χ2v) is 7.00. The van der Waals surface area contributed by atoms with Crippen LogP contribution in [0.4, 0.5) is 13.2 Å². The molecular formula is C22H22F3N3O3. The molecule has 2 aromatic carbocycles. The number of nitrogens with zero attached hydrogens (tertiary/aromatic N) is 3. The zero-order valence-electron chi connectivity index (χ0n) is 17.1. The number of hydrogen-bond donors (Lipinski definition) is 0. The summed E-state index contributed by atoms with van der Waals surface area (Å²) in [6, 6.07) is 12.5. The second kappa shape index (κ2) is 9.63. The minimum Gasteiger partial charge on any atom is -0.497 e. The number of alkyl halides is 3. The fraction of sp³-hybridized carbons (Fsp3) is 0.318. The lowest BCUT2D eigenvalue weighted by molar-refractivity contribution is -0.139. The van der Waals surface area contributed by atoms with Gasteiger partial charge in [-0.25, -0.2) is 0 Å². The molecule has 0 N–H and O–H groups in total. The van der Waals surface area contributed by atoms with Crippen molar-refractivity contribution in [3.05, 3.63) is 65.5 Å². The predicted octanol–water partition coefficient (Wildman–Crippen LogP) is 4.75. The lowest BCUT2D eigenvalue weighted by atomic mass is 10.1. The molecule has 0 bridgehead atoms. The number of aromatic nitrogens is 2. The minimum absolute atomic E-state index is 0.0619. The largest absolute Gasteiger partial charge is 0.497 e. The van der Waals surface area contributed by atoms with Crippen LogP contribution in [-0.2, 0) is 23.9 Å². The normalized spacial score (nSPS) is 11.4. The molecule has 0 aliphatic rings. The first-order chi connectivity index (χ1) is 14.8. The highest BCUT2D eigenvalue weighted by Gasteiger charge is 2.33. The smallest absolute Gasteiger partial charge is 0.416 e. The molecule has 0 aliphatic heterocycles. The van der Waals surface area contributed by atoms with E-state index >= 15 is 0 Å². The highest BCUT2D eigenvalue weighted by atomic mass is 19.4. The maximum atomic E-state index is 13.1. The van der Waals surface area contributed by atoms with E-state index in [2.05, 4.69) is 10.1 Å². The van der Waals surface area contributed by atoms with E-state index < -0.39 is 11.7 Å². The maximum absolute atomic E-state index is 13.1. The first-order valence-electron chi connectivity index (χ1n) is 9.64. The van der Waals surface area contributed by atoms with Gasteiger partial charge in [0.05, 0.1) is 12.7 Å². The van der Waals surface area contributed by atoms with E-state index in [1.54, 1.807) is 19.2 Å². The van der Waals surface area contributed by atoms with E-state index in [4.69, 9.17) is 9.26 Å². The fourth-order valence-corrected chi connectivity index (χ4v) is 3.07. The van der Waals surface area contributed by atoms with Gasteiger partial charge in [-0.3, -0.25) is 4.79 Å². The summed E-state index contributed by atoms with van der Waals surface area (Å²) in [6.45, 7) is -0.114. The van der Waals surface area contributed by atoms with Gasteiger partial charge in [-0.2, -0.15) is 18.2 Å². The van der Waals surface area contributed by atoms with Crippen LogP contribution in [-0.4, -0.2) is 35.1 Å². The van der Waals surface area contributed by atoms with E-state index in [0.717, 1.165) is 11.6 Å². The summed E-state index contributed by atoms with van der Waals surface area (Å²) in [6.07, 6.45) is -3.47. The van der Waals surface area contributed by atoms with Crippen LogP contribution in [0.5, 0.6) is 5.75 Å². The average Bonchev–Trinajstić information content (AvgIpc) is 3.22. The number of ether oxygens (including phenoxy) is 1. The zero-order chi connectivity index (χ0) is 22.4. The Bertz CT molecular complexity index is 1020. The molecule has 0 radical (unpaired) electrons. The van der Waals surface area contributed by atoms with Gasteiger partial charge in [0.15, 0.2) is 0 Å². The lowest BCUT2D eigenvalue weighted by Crippen LogP contribution is -2.27. The summed E-state index contributed by atoms with van der Waals surface area (Å²) in [5.74, 6) is 1.29. The Kier molecular flexibility index (Phi) is 6.94. The molecule has 0 saturated carbocycles. The number of halogens is 3. The summed E-state index contributed by atoms with van der Waals surface area (Å²) in [5, 5.41) is 3.93. The van der Waals surface area contributed by atoms with Gasteiger partial charge in [-0.1, -0.05) is 23.4 Å². The first-order valence-corrected chi connectivity index (χ1v) is 9.64. The van der Waals surface area contributed by atoms with Crippen molar-refractivity contribution in [1.82, 2.24) is 15.0 Å². The molecule has 6 nitrogen and oxygen atoms in total. The number of carbonyl (C=O) groups is 1. The van der Waals surface area contributed by atoms with Crippen molar-refractivity contribution >= 4 is 5.91 Å². The Morgan fingerprint density at radius 2 is 1.84 bits per heavy atom. The SMILES string of the molecule is COc1ccc(-c2noc(CCCC(=O)N(C)Cc3ccccc3C(F)(F)F)n2)cc1.